The summed E-state index contributed by atoms with van der Waals surface area (Å²) in [7, 11) is 0. The highest BCUT2D eigenvalue weighted by atomic mass is 19.1. The predicted molar refractivity (Wildman–Crippen MR) is 74.3 cm³/mol. The van der Waals surface area contributed by atoms with Crippen LogP contribution < -0.4 is 5.32 Å². The molecule has 4 heteroatoms. The normalized spacial score (nSPS) is 12.6. The van der Waals surface area contributed by atoms with Crippen molar-refractivity contribution in [2.45, 2.75) is 39.9 Å². The highest BCUT2D eigenvalue weighted by Crippen LogP contribution is 2.14. The van der Waals surface area contributed by atoms with Crippen LogP contribution in [0.2, 0.25) is 0 Å². The molecule has 2 aromatic rings. The Morgan fingerprint density at radius 3 is 2.84 bits per heavy atom. The maximum absolute atomic E-state index is 13.2. The Balaban J connectivity index is 2.02. The minimum Gasteiger partial charge on any atom is -0.305 e. The number of nitrogens with zero attached hydrogens (tertiary/aromatic N) is 2. The van der Waals surface area contributed by atoms with Crippen LogP contribution in [0, 0.1) is 12.7 Å². The lowest BCUT2D eigenvalue weighted by molar-refractivity contribution is 0.527. The number of aryl methyl sites for hydroxylation is 2. The van der Waals surface area contributed by atoms with Gasteiger partial charge in [0, 0.05) is 19.1 Å². The van der Waals surface area contributed by atoms with E-state index in [9.17, 15) is 4.39 Å². The second-order valence-electron chi connectivity index (χ2n) is 4.75. The molecule has 102 valence electrons. The van der Waals surface area contributed by atoms with Crippen molar-refractivity contribution < 1.29 is 4.39 Å². The summed E-state index contributed by atoms with van der Waals surface area (Å²) in [5, 5.41) is 7.81. The highest BCUT2D eigenvalue weighted by Gasteiger charge is 2.08. The quantitative estimate of drug-likeness (QED) is 0.895. The Morgan fingerprint density at radius 2 is 2.16 bits per heavy atom. The van der Waals surface area contributed by atoms with Gasteiger partial charge in [0.25, 0.3) is 0 Å². The summed E-state index contributed by atoms with van der Waals surface area (Å²) in [4.78, 5) is 0. The SMILES string of the molecule is CCn1nc(C)cc1CNC(C)c1cccc(F)c1. The van der Waals surface area contributed by atoms with Gasteiger partial charge in [0.2, 0.25) is 0 Å². The number of halogens is 1. The minimum atomic E-state index is -0.194. The van der Waals surface area contributed by atoms with Gasteiger partial charge < -0.3 is 5.32 Å². The molecule has 0 saturated carbocycles. The molecule has 0 amide bonds. The average molecular weight is 261 g/mol. The predicted octanol–water partition coefficient (Wildman–Crippen LogP) is 3.20. The zero-order chi connectivity index (χ0) is 13.8. The standard InChI is InChI=1S/C15H20FN3/c1-4-19-15(8-11(2)18-19)10-17-12(3)13-6-5-7-14(16)9-13/h5-9,12,17H,4,10H2,1-3H3. The molecule has 1 heterocycles. The minimum absolute atomic E-state index is 0.108. The van der Waals surface area contributed by atoms with Crippen LogP contribution in [0.4, 0.5) is 4.39 Å². The number of benzene rings is 1. The van der Waals surface area contributed by atoms with E-state index < -0.39 is 0 Å². The lowest BCUT2D eigenvalue weighted by atomic mass is 10.1. The molecule has 1 N–H and O–H groups in total. The summed E-state index contributed by atoms with van der Waals surface area (Å²) in [6, 6.07) is 8.89. The smallest absolute Gasteiger partial charge is 0.123 e. The molecule has 19 heavy (non-hydrogen) atoms. The molecular formula is C15H20FN3. The van der Waals surface area contributed by atoms with Gasteiger partial charge in [-0.1, -0.05) is 12.1 Å². The average Bonchev–Trinajstić information content (AvgIpc) is 2.76. The van der Waals surface area contributed by atoms with E-state index in [4.69, 9.17) is 0 Å². The van der Waals surface area contributed by atoms with Crippen molar-refractivity contribution >= 4 is 0 Å². The van der Waals surface area contributed by atoms with Gasteiger partial charge in [0.05, 0.1) is 11.4 Å². The third kappa shape index (κ3) is 3.41. The van der Waals surface area contributed by atoms with Crippen LogP contribution in [0.3, 0.4) is 0 Å². The van der Waals surface area contributed by atoms with Gasteiger partial charge in [-0.2, -0.15) is 5.10 Å². The first-order valence-corrected chi connectivity index (χ1v) is 6.62. The third-order valence-electron chi connectivity index (χ3n) is 3.22. The van der Waals surface area contributed by atoms with E-state index in [0.29, 0.717) is 0 Å². The molecule has 0 aliphatic heterocycles. The van der Waals surface area contributed by atoms with E-state index >= 15 is 0 Å². The molecule has 0 bridgehead atoms. The summed E-state index contributed by atoms with van der Waals surface area (Å²) >= 11 is 0. The van der Waals surface area contributed by atoms with Crippen LogP contribution in [-0.2, 0) is 13.1 Å². The summed E-state index contributed by atoms with van der Waals surface area (Å²) < 4.78 is 15.2. The van der Waals surface area contributed by atoms with Gasteiger partial charge in [-0.25, -0.2) is 4.39 Å². The van der Waals surface area contributed by atoms with E-state index in [1.54, 1.807) is 12.1 Å². The van der Waals surface area contributed by atoms with Crippen molar-refractivity contribution in [2.75, 3.05) is 0 Å². The third-order valence-corrected chi connectivity index (χ3v) is 3.22. The largest absolute Gasteiger partial charge is 0.305 e. The van der Waals surface area contributed by atoms with Crippen LogP contribution in [0.15, 0.2) is 30.3 Å². The first kappa shape index (κ1) is 13.7. The zero-order valence-corrected chi connectivity index (χ0v) is 11.7. The van der Waals surface area contributed by atoms with Crippen molar-refractivity contribution in [1.82, 2.24) is 15.1 Å². The lowest BCUT2D eigenvalue weighted by Crippen LogP contribution is -2.20. The molecule has 1 aromatic carbocycles. The number of aromatic nitrogens is 2. The van der Waals surface area contributed by atoms with Gasteiger partial charge in [0.1, 0.15) is 5.82 Å². The van der Waals surface area contributed by atoms with Gasteiger partial charge in [-0.05, 0) is 44.5 Å². The monoisotopic (exact) mass is 261 g/mol. The summed E-state index contributed by atoms with van der Waals surface area (Å²) in [5.41, 5.74) is 3.14. The van der Waals surface area contributed by atoms with Crippen LogP contribution in [0.25, 0.3) is 0 Å². The summed E-state index contributed by atoms with van der Waals surface area (Å²) in [6.45, 7) is 7.69. The van der Waals surface area contributed by atoms with Gasteiger partial charge >= 0.3 is 0 Å². The van der Waals surface area contributed by atoms with Crippen molar-refractivity contribution in [3.05, 3.63) is 53.1 Å². The molecule has 1 aromatic heterocycles. The van der Waals surface area contributed by atoms with Crippen LogP contribution in [0.1, 0.15) is 36.8 Å². The maximum atomic E-state index is 13.2. The molecule has 2 rings (SSSR count). The fraction of sp³-hybridized carbons (Fsp3) is 0.400. The molecule has 0 fully saturated rings. The molecule has 1 atom stereocenters. The molecule has 0 aliphatic carbocycles. The van der Waals surface area contributed by atoms with E-state index in [1.165, 1.54) is 6.07 Å². The van der Waals surface area contributed by atoms with Crippen molar-refractivity contribution in [1.29, 1.82) is 0 Å². The van der Waals surface area contributed by atoms with Gasteiger partial charge in [-0.3, -0.25) is 4.68 Å². The Hall–Kier alpha value is -1.68. The fourth-order valence-corrected chi connectivity index (χ4v) is 2.17. The van der Waals surface area contributed by atoms with E-state index in [2.05, 4.69) is 23.4 Å². The Labute approximate surface area is 113 Å². The maximum Gasteiger partial charge on any atom is 0.123 e. The fourth-order valence-electron chi connectivity index (χ4n) is 2.17. The lowest BCUT2D eigenvalue weighted by Gasteiger charge is -2.14. The van der Waals surface area contributed by atoms with Gasteiger partial charge in [0.15, 0.2) is 0 Å². The number of hydrogen-bond acceptors (Lipinski definition) is 2. The second kappa shape index (κ2) is 5.97. The molecular weight excluding hydrogens is 241 g/mol. The van der Waals surface area contributed by atoms with E-state index in [0.717, 1.165) is 30.0 Å². The van der Waals surface area contributed by atoms with Gasteiger partial charge in [-0.15, -0.1) is 0 Å². The molecule has 0 saturated heterocycles. The molecule has 0 spiro atoms. The van der Waals surface area contributed by atoms with Crippen molar-refractivity contribution in [3.8, 4) is 0 Å². The zero-order valence-electron chi connectivity index (χ0n) is 11.7. The topological polar surface area (TPSA) is 29.9 Å². The highest BCUT2D eigenvalue weighted by molar-refractivity contribution is 5.20. The van der Waals surface area contributed by atoms with Crippen LogP contribution in [-0.4, -0.2) is 9.78 Å². The molecule has 0 aliphatic rings. The van der Waals surface area contributed by atoms with E-state index in [1.807, 2.05) is 24.6 Å². The Bertz CT molecular complexity index is 548. The van der Waals surface area contributed by atoms with Crippen molar-refractivity contribution in [2.24, 2.45) is 0 Å². The number of rotatable bonds is 5. The Kier molecular flexibility index (Phi) is 4.32. The summed E-state index contributed by atoms with van der Waals surface area (Å²) in [5.74, 6) is -0.194. The second-order valence-corrected chi connectivity index (χ2v) is 4.75. The van der Waals surface area contributed by atoms with E-state index in [-0.39, 0.29) is 11.9 Å². The Morgan fingerprint density at radius 1 is 1.37 bits per heavy atom. The molecule has 3 nitrogen and oxygen atoms in total. The first-order chi connectivity index (χ1) is 9.10. The molecule has 0 radical (unpaired) electrons. The summed E-state index contributed by atoms with van der Waals surface area (Å²) in [6.07, 6.45) is 0. The first-order valence-electron chi connectivity index (χ1n) is 6.62. The van der Waals surface area contributed by atoms with Crippen molar-refractivity contribution in [3.63, 3.8) is 0 Å². The van der Waals surface area contributed by atoms with Crippen LogP contribution >= 0.6 is 0 Å². The molecule has 1 unspecified atom stereocenters. The number of hydrogen-bond donors (Lipinski definition) is 1. The number of nitrogens with one attached hydrogen (secondary N) is 1. The van der Waals surface area contributed by atoms with Crippen LogP contribution in [0.5, 0.6) is 0 Å².